The third kappa shape index (κ3) is 4.16. The van der Waals surface area contributed by atoms with Gasteiger partial charge in [-0.25, -0.2) is 8.42 Å². The van der Waals surface area contributed by atoms with Crippen LogP contribution >= 0.6 is 0 Å². The Hall–Kier alpha value is -1.15. The van der Waals surface area contributed by atoms with E-state index in [4.69, 9.17) is 0 Å². The topological polar surface area (TPSA) is 95.0 Å². The third-order valence-electron chi connectivity index (χ3n) is 4.17. The molecule has 1 heterocycles. The van der Waals surface area contributed by atoms with E-state index in [9.17, 15) is 23.1 Å². The van der Waals surface area contributed by atoms with Crippen molar-refractivity contribution < 1.29 is 23.1 Å². The first-order valence-electron chi connectivity index (χ1n) is 6.95. The fraction of sp³-hybridized carbons (Fsp3) is 0.846. The summed E-state index contributed by atoms with van der Waals surface area (Å²) in [4.78, 5) is 26.5. The lowest BCUT2D eigenvalue weighted by molar-refractivity contribution is -0.151. The quantitative estimate of drug-likeness (QED) is 0.729. The molecule has 8 heteroatoms. The van der Waals surface area contributed by atoms with Gasteiger partial charge in [0.2, 0.25) is 5.91 Å². The largest absolute Gasteiger partial charge is 0.480 e. The normalized spacial score (nSPS) is 21.5. The minimum absolute atomic E-state index is 0.0102. The predicted molar refractivity (Wildman–Crippen MR) is 78.8 cm³/mol. The predicted octanol–water partition coefficient (Wildman–Crippen LogP) is -0.183. The fourth-order valence-electron chi connectivity index (χ4n) is 2.40. The number of carboxylic acid groups (broad SMARTS) is 1. The van der Waals surface area contributed by atoms with Gasteiger partial charge in [0, 0.05) is 13.1 Å². The van der Waals surface area contributed by atoms with E-state index in [0.717, 1.165) is 0 Å². The second kappa shape index (κ2) is 6.31. The lowest BCUT2D eigenvalue weighted by Gasteiger charge is -2.35. The average Bonchev–Trinajstić information content (AvgIpc) is 2.74. The highest BCUT2D eigenvalue weighted by atomic mass is 32.2. The van der Waals surface area contributed by atoms with Crippen LogP contribution in [0.1, 0.15) is 27.2 Å². The Labute approximate surface area is 125 Å². The minimum Gasteiger partial charge on any atom is -0.480 e. The molecule has 21 heavy (non-hydrogen) atoms. The van der Waals surface area contributed by atoms with Crippen LogP contribution in [-0.4, -0.2) is 78.4 Å². The van der Waals surface area contributed by atoms with E-state index in [1.54, 1.807) is 32.7 Å². The van der Waals surface area contributed by atoms with Gasteiger partial charge in [0.15, 0.2) is 9.84 Å². The lowest BCUT2D eigenvalue weighted by Crippen LogP contribution is -2.54. The molecule has 0 aromatic rings. The van der Waals surface area contributed by atoms with E-state index in [1.165, 1.54) is 4.90 Å². The molecule has 1 rings (SSSR count). The molecule has 7 nitrogen and oxygen atoms in total. The van der Waals surface area contributed by atoms with Crippen LogP contribution in [-0.2, 0) is 19.4 Å². The molecule has 0 radical (unpaired) electrons. The average molecular weight is 320 g/mol. The lowest BCUT2D eigenvalue weighted by atomic mass is 10.0. The Balaban J connectivity index is 2.73. The summed E-state index contributed by atoms with van der Waals surface area (Å²) in [6, 6.07) is -0.311. The van der Waals surface area contributed by atoms with Gasteiger partial charge >= 0.3 is 5.97 Å². The first-order chi connectivity index (χ1) is 9.51. The number of rotatable bonds is 6. The molecule has 1 fully saturated rings. The van der Waals surface area contributed by atoms with Gasteiger partial charge < -0.3 is 10.0 Å². The second-order valence-corrected chi connectivity index (χ2v) is 8.17. The monoisotopic (exact) mass is 320 g/mol. The summed E-state index contributed by atoms with van der Waals surface area (Å²) in [6.07, 6.45) is 0.443. The number of carbonyl (C=O) groups is 2. The number of nitrogens with zero attached hydrogens (tertiary/aromatic N) is 2. The zero-order chi connectivity index (χ0) is 16.4. The van der Waals surface area contributed by atoms with Crippen LogP contribution in [0.3, 0.4) is 0 Å². The van der Waals surface area contributed by atoms with Crippen molar-refractivity contribution in [1.82, 2.24) is 9.80 Å². The van der Waals surface area contributed by atoms with Crippen molar-refractivity contribution in [3.8, 4) is 0 Å². The molecular weight excluding hydrogens is 296 g/mol. The zero-order valence-corrected chi connectivity index (χ0v) is 13.8. The highest BCUT2D eigenvalue weighted by Crippen LogP contribution is 2.18. The number of amides is 1. The highest BCUT2D eigenvalue weighted by Gasteiger charge is 2.37. The molecule has 1 N–H and O–H groups in total. The zero-order valence-electron chi connectivity index (χ0n) is 13.0. The molecule has 1 aliphatic heterocycles. The van der Waals surface area contributed by atoms with Crippen molar-refractivity contribution in [1.29, 1.82) is 0 Å². The Bertz CT molecular complexity index is 515. The molecule has 1 aliphatic rings. The summed E-state index contributed by atoms with van der Waals surface area (Å²) in [5.41, 5.74) is -1.15. The smallest absolute Gasteiger partial charge is 0.323 e. The van der Waals surface area contributed by atoms with E-state index >= 15 is 0 Å². The van der Waals surface area contributed by atoms with Gasteiger partial charge in [-0.1, -0.05) is 6.92 Å². The molecule has 0 bridgehead atoms. The van der Waals surface area contributed by atoms with E-state index in [-0.39, 0.29) is 30.0 Å². The van der Waals surface area contributed by atoms with Gasteiger partial charge in [0.25, 0.3) is 0 Å². The SMILES string of the molecule is CCN(CC(=O)N(C)C1CCS(=O)(=O)C1)C(C)(C)C(=O)O. The summed E-state index contributed by atoms with van der Waals surface area (Å²) in [5.74, 6) is -1.16. The Morgan fingerprint density at radius 1 is 1.33 bits per heavy atom. The van der Waals surface area contributed by atoms with E-state index < -0.39 is 21.3 Å². The maximum atomic E-state index is 12.3. The minimum atomic E-state index is -3.05. The van der Waals surface area contributed by atoms with Crippen molar-refractivity contribution in [2.75, 3.05) is 31.6 Å². The molecule has 0 aromatic heterocycles. The summed E-state index contributed by atoms with van der Waals surface area (Å²) in [6.45, 7) is 5.26. The van der Waals surface area contributed by atoms with E-state index in [0.29, 0.717) is 13.0 Å². The molecule has 1 atom stereocenters. The van der Waals surface area contributed by atoms with Crippen molar-refractivity contribution in [3.05, 3.63) is 0 Å². The third-order valence-corrected chi connectivity index (χ3v) is 5.92. The van der Waals surface area contributed by atoms with Gasteiger partial charge in [0.05, 0.1) is 18.1 Å². The summed E-state index contributed by atoms with van der Waals surface area (Å²) in [5, 5.41) is 9.23. The number of aliphatic carboxylic acids is 1. The maximum absolute atomic E-state index is 12.3. The summed E-state index contributed by atoms with van der Waals surface area (Å²) in [7, 11) is -1.47. The molecule has 1 amide bonds. The van der Waals surface area contributed by atoms with Crippen LogP contribution < -0.4 is 0 Å². The first kappa shape index (κ1) is 17.9. The number of carbonyl (C=O) groups excluding carboxylic acids is 1. The molecule has 0 saturated carbocycles. The number of hydrogen-bond acceptors (Lipinski definition) is 5. The van der Waals surface area contributed by atoms with Gasteiger partial charge in [-0.15, -0.1) is 0 Å². The fourth-order valence-corrected chi connectivity index (χ4v) is 4.17. The van der Waals surface area contributed by atoms with Crippen LogP contribution in [0.2, 0.25) is 0 Å². The molecule has 122 valence electrons. The van der Waals surface area contributed by atoms with Crippen molar-refractivity contribution in [2.24, 2.45) is 0 Å². The standard InChI is InChI=1S/C13H24N2O5S/c1-5-15(13(2,3)12(17)18)8-11(16)14(4)10-6-7-21(19,20)9-10/h10H,5-9H2,1-4H3,(H,17,18). The van der Waals surface area contributed by atoms with Crippen molar-refractivity contribution >= 4 is 21.7 Å². The first-order valence-corrected chi connectivity index (χ1v) is 8.78. The Kier molecular flexibility index (Phi) is 5.38. The van der Waals surface area contributed by atoms with E-state index in [1.807, 2.05) is 0 Å². The summed E-state index contributed by atoms with van der Waals surface area (Å²) < 4.78 is 22.9. The number of sulfone groups is 1. The number of hydrogen-bond donors (Lipinski definition) is 1. The van der Waals surface area contributed by atoms with Crippen LogP contribution in [0, 0.1) is 0 Å². The van der Waals surface area contributed by atoms with Crippen LogP contribution in [0.15, 0.2) is 0 Å². The van der Waals surface area contributed by atoms with Gasteiger partial charge in [-0.05, 0) is 26.8 Å². The van der Waals surface area contributed by atoms with Crippen molar-refractivity contribution in [3.63, 3.8) is 0 Å². The number of likely N-dealkylation sites (N-methyl/N-ethyl adjacent to an activating group) is 2. The van der Waals surface area contributed by atoms with Gasteiger partial charge in [-0.2, -0.15) is 0 Å². The molecule has 0 aliphatic carbocycles. The van der Waals surface area contributed by atoms with Crippen LogP contribution in [0.5, 0.6) is 0 Å². The maximum Gasteiger partial charge on any atom is 0.323 e. The molecule has 1 saturated heterocycles. The molecule has 0 spiro atoms. The van der Waals surface area contributed by atoms with Crippen molar-refractivity contribution in [2.45, 2.75) is 38.8 Å². The van der Waals surface area contributed by atoms with E-state index in [2.05, 4.69) is 0 Å². The number of carboxylic acids is 1. The molecular formula is C13H24N2O5S. The Morgan fingerprint density at radius 2 is 1.90 bits per heavy atom. The Morgan fingerprint density at radius 3 is 2.29 bits per heavy atom. The van der Waals surface area contributed by atoms with Crippen LogP contribution in [0.4, 0.5) is 0 Å². The van der Waals surface area contributed by atoms with Gasteiger partial charge in [0.1, 0.15) is 5.54 Å². The molecule has 1 unspecified atom stereocenters. The van der Waals surface area contributed by atoms with Crippen LogP contribution in [0.25, 0.3) is 0 Å². The summed E-state index contributed by atoms with van der Waals surface area (Å²) >= 11 is 0. The highest BCUT2D eigenvalue weighted by molar-refractivity contribution is 7.91. The molecule has 0 aromatic carbocycles. The van der Waals surface area contributed by atoms with Gasteiger partial charge in [-0.3, -0.25) is 14.5 Å². The second-order valence-electron chi connectivity index (χ2n) is 5.94.